The number of amides is 1. The monoisotopic (exact) mass is 404 g/mol. The van der Waals surface area contributed by atoms with E-state index in [1.807, 2.05) is 30.5 Å². The van der Waals surface area contributed by atoms with Crippen molar-refractivity contribution in [3.05, 3.63) is 58.8 Å². The SMILES string of the molecule is O=C(NC1CCC1)[C@H]1[C@H]2C[C@H](CN(c3ccc4nccn4n3)C2)c2cccc(=O)n21. The molecule has 6 rings (SSSR count). The molecule has 3 atom stereocenters. The molecule has 3 aromatic rings. The van der Waals surface area contributed by atoms with E-state index in [1.165, 1.54) is 0 Å². The summed E-state index contributed by atoms with van der Waals surface area (Å²) in [4.78, 5) is 32.6. The Balaban J connectivity index is 1.38. The van der Waals surface area contributed by atoms with Crippen molar-refractivity contribution in [2.45, 2.75) is 43.7 Å². The van der Waals surface area contributed by atoms with Gasteiger partial charge in [-0.2, -0.15) is 0 Å². The number of aromatic nitrogens is 4. The molecular formula is C22H24N6O2. The summed E-state index contributed by atoms with van der Waals surface area (Å²) < 4.78 is 3.54. The van der Waals surface area contributed by atoms with E-state index >= 15 is 0 Å². The van der Waals surface area contributed by atoms with Gasteiger partial charge in [-0.15, -0.1) is 5.10 Å². The molecule has 30 heavy (non-hydrogen) atoms. The molecule has 2 bridgehead atoms. The van der Waals surface area contributed by atoms with Gasteiger partial charge in [0.15, 0.2) is 5.65 Å². The lowest BCUT2D eigenvalue weighted by molar-refractivity contribution is -0.128. The summed E-state index contributed by atoms with van der Waals surface area (Å²) in [5.41, 5.74) is 1.69. The van der Waals surface area contributed by atoms with Gasteiger partial charge >= 0.3 is 0 Å². The van der Waals surface area contributed by atoms with Crippen LogP contribution in [0.4, 0.5) is 5.82 Å². The number of nitrogens with one attached hydrogen (secondary N) is 1. The number of fused-ring (bicyclic) bond motifs is 5. The highest BCUT2D eigenvalue weighted by Gasteiger charge is 2.44. The molecule has 0 radical (unpaired) electrons. The Morgan fingerprint density at radius 1 is 1.13 bits per heavy atom. The van der Waals surface area contributed by atoms with Crippen LogP contribution < -0.4 is 15.8 Å². The van der Waals surface area contributed by atoms with Crippen molar-refractivity contribution in [2.75, 3.05) is 18.0 Å². The smallest absolute Gasteiger partial charge is 0.251 e. The van der Waals surface area contributed by atoms with Crippen LogP contribution in [-0.2, 0) is 4.79 Å². The Morgan fingerprint density at radius 2 is 2.03 bits per heavy atom. The molecule has 1 N–H and O–H groups in total. The van der Waals surface area contributed by atoms with Gasteiger partial charge in [-0.05, 0) is 43.9 Å². The molecule has 1 aliphatic carbocycles. The molecule has 3 aromatic heterocycles. The summed E-state index contributed by atoms with van der Waals surface area (Å²) in [7, 11) is 0. The van der Waals surface area contributed by atoms with Crippen LogP contribution in [0.2, 0.25) is 0 Å². The summed E-state index contributed by atoms with van der Waals surface area (Å²) in [5, 5.41) is 7.90. The summed E-state index contributed by atoms with van der Waals surface area (Å²) in [6.45, 7) is 1.48. The molecule has 1 saturated heterocycles. The number of hydrogen-bond donors (Lipinski definition) is 1. The van der Waals surface area contributed by atoms with E-state index in [4.69, 9.17) is 5.10 Å². The summed E-state index contributed by atoms with van der Waals surface area (Å²) in [6.07, 6.45) is 7.71. The maximum Gasteiger partial charge on any atom is 0.251 e. The zero-order valence-corrected chi connectivity index (χ0v) is 16.6. The predicted octanol–water partition coefficient (Wildman–Crippen LogP) is 1.72. The molecule has 8 nitrogen and oxygen atoms in total. The predicted molar refractivity (Wildman–Crippen MR) is 112 cm³/mol. The second-order valence-electron chi connectivity index (χ2n) is 8.76. The molecule has 5 heterocycles. The third-order valence-electron chi connectivity index (χ3n) is 6.93. The zero-order chi connectivity index (χ0) is 20.2. The van der Waals surface area contributed by atoms with E-state index in [-0.39, 0.29) is 29.3 Å². The Morgan fingerprint density at radius 3 is 2.87 bits per heavy atom. The molecule has 8 heteroatoms. The Kier molecular flexibility index (Phi) is 3.94. The van der Waals surface area contributed by atoms with E-state index in [0.717, 1.165) is 49.4 Å². The first-order valence-electron chi connectivity index (χ1n) is 10.7. The highest BCUT2D eigenvalue weighted by atomic mass is 16.2. The molecule has 2 fully saturated rings. The first kappa shape index (κ1) is 17.7. The van der Waals surface area contributed by atoms with Crippen LogP contribution in [0.3, 0.4) is 0 Å². The van der Waals surface area contributed by atoms with Crippen LogP contribution >= 0.6 is 0 Å². The van der Waals surface area contributed by atoms with E-state index in [0.29, 0.717) is 6.54 Å². The van der Waals surface area contributed by atoms with Gasteiger partial charge in [-0.1, -0.05) is 6.07 Å². The third-order valence-corrected chi connectivity index (χ3v) is 6.93. The fourth-order valence-electron chi connectivity index (χ4n) is 5.27. The minimum atomic E-state index is -0.467. The van der Waals surface area contributed by atoms with Gasteiger partial charge in [0.2, 0.25) is 5.91 Å². The van der Waals surface area contributed by atoms with E-state index in [2.05, 4.69) is 15.2 Å². The fourth-order valence-corrected chi connectivity index (χ4v) is 5.27. The average molecular weight is 404 g/mol. The van der Waals surface area contributed by atoms with E-state index in [1.54, 1.807) is 21.3 Å². The number of piperidine rings is 1. The highest BCUT2D eigenvalue weighted by molar-refractivity contribution is 5.81. The Hall–Kier alpha value is -3.16. The lowest BCUT2D eigenvalue weighted by Crippen LogP contribution is -2.55. The summed E-state index contributed by atoms with van der Waals surface area (Å²) >= 11 is 0. The maximum atomic E-state index is 13.3. The average Bonchev–Trinajstić information content (AvgIpc) is 3.19. The highest BCUT2D eigenvalue weighted by Crippen LogP contribution is 2.42. The Bertz CT molecular complexity index is 1180. The van der Waals surface area contributed by atoms with Crippen LogP contribution in [-0.4, -0.2) is 44.2 Å². The van der Waals surface area contributed by atoms with E-state index in [9.17, 15) is 9.59 Å². The van der Waals surface area contributed by atoms with Gasteiger partial charge in [0.25, 0.3) is 5.56 Å². The minimum absolute atomic E-state index is 0.0161. The van der Waals surface area contributed by atoms with Gasteiger partial charge in [-0.25, -0.2) is 9.50 Å². The minimum Gasteiger partial charge on any atom is -0.354 e. The van der Waals surface area contributed by atoms with Crippen molar-refractivity contribution in [1.82, 2.24) is 24.5 Å². The number of carbonyl (C=O) groups excluding carboxylic acids is 1. The quantitative estimate of drug-likeness (QED) is 0.719. The van der Waals surface area contributed by atoms with Crippen molar-refractivity contribution in [3.8, 4) is 0 Å². The first-order valence-corrected chi connectivity index (χ1v) is 10.7. The number of anilines is 1. The van der Waals surface area contributed by atoms with Crippen molar-refractivity contribution < 1.29 is 4.79 Å². The zero-order valence-electron chi connectivity index (χ0n) is 16.6. The van der Waals surface area contributed by atoms with Crippen LogP contribution in [0.5, 0.6) is 0 Å². The van der Waals surface area contributed by atoms with Gasteiger partial charge in [-0.3, -0.25) is 14.2 Å². The molecule has 2 aliphatic heterocycles. The lowest BCUT2D eigenvalue weighted by Gasteiger charge is -2.47. The second-order valence-corrected chi connectivity index (χ2v) is 8.76. The molecule has 0 unspecified atom stereocenters. The molecule has 0 aromatic carbocycles. The van der Waals surface area contributed by atoms with Gasteiger partial charge in [0.05, 0.1) is 0 Å². The van der Waals surface area contributed by atoms with Crippen LogP contribution in [0.1, 0.15) is 43.3 Å². The van der Waals surface area contributed by atoms with Gasteiger partial charge in [0, 0.05) is 55.1 Å². The first-order chi connectivity index (χ1) is 14.7. The second kappa shape index (κ2) is 6.68. The third kappa shape index (κ3) is 2.74. The number of carbonyl (C=O) groups is 1. The van der Waals surface area contributed by atoms with Crippen LogP contribution in [0, 0.1) is 5.92 Å². The largest absolute Gasteiger partial charge is 0.354 e. The molecular weight excluding hydrogens is 380 g/mol. The van der Waals surface area contributed by atoms with Crippen molar-refractivity contribution >= 4 is 17.4 Å². The number of rotatable bonds is 3. The topological polar surface area (TPSA) is 84.5 Å². The molecule has 1 saturated carbocycles. The fraction of sp³-hybridized carbons (Fsp3) is 0.455. The van der Waals surface area contributed by atoms with Crippen LogP contribution in [0.15, 0.2) is 47.5 Å². The molecule has 1 amide bonds. The standard InChI is InChI=1S/C22H24N6O2/c29-20-6-2-5-17-14-11-15(21(28(17)20)22(30)24-16-3-1-4-16)13-26(12-14)19-8-7-18-23-9-10-27(18)25-19/h2,5-10,14-16,21H,1,3-4,11-13H2,(H,24,30)/t14-,15+,21-/m1/s1. The maximum absolute atomic E-state index is 13.3. The van der Waals surface area contributed by atoms with E-state index < -0.39 is 6.04 Å². The molecule has 154 valence electrons. The Labute approximate surface area is 173 Å². The molecule has 3 aliphatic rings. The van der Waals surface area contributed by atoms with Gasteiger partial charge in [0.1, 0.15) is 11.9 Å². The summed E-state index contributed by atoms with van der Waals surface area (Å²) in [6, 6.07) is 9.12. The number of pyridine rings is 1. The van der Waals surface area contributed by atoms with Crippen molar-refractivity contribution in [2.24, 2.45) is 5.92 Å². The number of nitrogens with zero attached hydrogens (tertiary/aromatic N) is 5. The van der Waals surface area contributed by atoms with Crippen molar-refractivity contribution in [3.63, 3.8) is 0 Å². The van der Waals surface area contributed by atoms with Gasteiger partial charge < -0.3 is 10.2 Å². The number of imidazole rings is 1. The van der Waals surface area contributed by atoms with Crippen molar-refractivity contribution in [1.29, 1.82) is 0 Å². The number of hydrogen-bond acceptors (Lipinski definition) is 5. The lowest BCUT2D eigenvalue weighted by atomic mass is 9.78. The normalized spacial score (nSPS) is 25.6. The molecule has 0 spiro atoms. The summed E-state index contributed by atoms with van der Waals surface area (Å²) in [5.74, 6) is 1.13. The van der Waals surface area contributed by atoms with Crippen LogP contribution in [0.25, 0.3) is 5.65 Å².